The summed E-state index contributed by atoms with van der Waals surface area (Å²) in [5, 5.41) is 1.87. The van der Waals surface area contributed by atoms with Crippen LogP contribution in [0.15, 0.2) is 90.6 Å². The molecule has 0 fully saturated rings. The maximum atomic E-state index is 15.3. The average Bonchev–Trinajstić information content (AvgIpc) is 2.83. The van der Waals surface area contributed by atoms with Crippen LogP contribution in [0.3, 0.4) is 0 Å². The quantitative estimate of drug-likeness (QED) is 0.345. The van der Waals surface area contributed by atoms with Gasteiger partial charge in [-0.2, -0.15) is 0 Å². The molecule has 0 aromatic heterocycles. The largest absolute Gasteiger partial charge is 0.289 e. The lowest BCUT2D eigenvalue weighted by Crippen LogP contribution is -2.37. The van der Waals surface area contributed by atoms with E-state index in [-0.39, 0.29) is 0 Å². The van der Waals surface area contributed by atoms with Crippen LogP contribution in [0.5, 0.6) is 0 Å². The van der Waals surface area contributed by atoms with Crippen LogP contribution in [0, 0.1) is 0 Å². The normalized spacial score (nSPS) is 18.2. The summed E-state index contributed by atoms with van der Waals surface area (Å²) in [5.74, 6) is 0. The van der Waals surface area contributed by atoms with E-state index in [1.54, 1.807) is 0 Å². The van der Waals surface area contributed by atoms with Crippen LogP contribution in [-0.4, -0.2) is 0 Å². The number of allylic oxidation sites excluding steroid dienone is 2. The van der Waals surface area contributed by atoms with E-state index < -0.39 is 7.29 Å². The lowest BCUT2D eigenvalue weighted by atomic mass is 9.95. The van der Waals surface area contributed by atoms with Crippen molar-refractivity contribution in [1.29, 1.82) is 0 Å². The van der Waals surface area contributed by atoms with E-state index >= 15 is 4.57 Å². The molecule has 3 aromatic rings. The number of hydrogen-bond acceptors (Lipinski definition) is 1. The van der Waals surface area contributed by atoms with Crippen molar-refractivity contribution < 1.29 is 4.57 Å². The smallest absolute Gasteiger partial charge is 0.234 e. The second kappa shape index (κ2) is 9.71. The number of para-hydroxylation sites is 1. The molecule has 2 nitrogen and oxygen atoms in total. The monoisotopic (exact) mass is 429 g/mol. The summed E-state index contributed by atoms with van der Waals surface area (Å²) < 4.78 is 17.5. The molecule has 0 bridgehead atoms. The van der Waals surface area contributed by atoms with Gasteiger partial charge in [-0.05, 0) is 67.2 Å². The van der Waals surface area contributed by atoms with E-state index in [0.717, 1.165) is 54.8 Å². The molecule has 3 aromatic carbocycles. The van der Waals surface area contributed by atoms with Gasteiger partial charge in [0.1, 0.15) is 0 Å². The van der Waals surface area contributed by atoms with Crippen molar-refractivity contribution in [2.24, 2.45) is 0 Å². The van der Waals surface area contributed by atoms with E-state index in [1.807, 2.05) is 54.6 Å². The first-order chi connectivity index (χ1) is 15.2. The molecule has 0 saturated carbocycles. The molecule has 0 amide bonds. The molecule has 160 valence electrons. The second-order valence-electron chi connectivity index (χ2n) is 8.21. The summed E-state index contributed by atoms with van der Waals surface area (Å²) in [5.41, 5.74) is 4.82. The third-order valence-corrected chi connectivity index (χ3v) is 9.17. The molecule has 31 heavy (non-hydrogen) atoms. The molecule has 3 heteroatoms. The molecule has 1 heterocycles. The molecule has 1 unspecified atom stereocenters. The molecule has 0 N–H and O–H groups in total. The third kappa shape index (κ3) is 4.02. The summed E-state index contributed by atoms with van der Waals surface area (Å²) in [6.45, 7) is 4.47. The first kappa shape index (κ1) is 21.7. The second-order valence-corrected chi connectivity index (χ2v) is 10.8. The van der Waals surface area contributed by atoms with Gasteiger partial charge < -0.3 is 0 Å². The number of fused-ring (bicyclic) bond motifs is 1. The van der Waals surface area contributed by atoms with Crippen LogP contribution in [0.1, 0.15) is 57.9 Å². The van der Waals surface area contributed by atoms with Gasteiger partial charge in [0.05, 0.1) is 0 Å². The van der Waals surface area contributed by atoms with Crippen LogP contribution >= 0.6 is 7.29 Å². The summed E-state index contributed by atoms with van der Waals surface area (Å²) in [6, 6.07) is 28.8. The SMILES string of the molecule is CCCCC1=C(CCCC)N(c2ccccc2)P(=O)(c2ccccc2)c2ccccc21. The van der Waals surface area contributed by atoms with Crippen molar-refractivity contribution >= 4 is 29.2 Å². The Morgan fingerprint density at radius 3 is 1.97 bits per heavy atom. The molecule has 1 atom stereocenters. The van der Waals surface area contributed by atoms with Crippen molar-refractivity contribution in [3.63, 3.8) is 0 Å². The molecule has 0 aliphatic carbocycles. The number of benzene rings is 3. The van der Waals surface area contributed by atoms with Gasteiger partial charge in [0.2, 0.25) is 7.29 Å². The highest BCUT2D eigenvalue weighted by Gasteiger charge is 2.43. The van der Waals surface area contributed by atoms with Crippen molar-refractivity contribution in [1.82, 2.24) is 0 Å². The van der Waals surface area contributed by atoms with Gasteiger partial charge in [-0.1, -0.05) is 81.3 Å². The highest BCUT2D eigenvalue weighted by molar-refractivity contribution is 7.80. The number of hydrogen-bond donors (Lipinski definition) is 0. The number of unbranched alkanes of at least 4 members (excludes halogenated alkanes) is 2. The summed E-state index contributed by atoms with van der Waals surface area (Å²) in [4.78, 5) is 0. The van der Waals surface area contributed by atoms with Crippen LogP contribution in [0.4, 0.5) is 5.69 Å². The van der Waals surface area contributed by atoms with Crippen molar-refractivity contribution in [2.45, 2.75) is 52.4 Å². The van der Waals surface area contributed by atoms with Gasteiger partial charge in [-0.15, -0.1) is 0 Å². The average molecular weight is 430 g/mol. The molecule has 1 aliphatic rings. The van der Waals surface area contributed by atoms with E-state index in [4.69, 9.17) is 0 Å². The first-order valence-corrected chi connectivity index (χ1v) is 13.2. The number of rotatable bonds is 8. The van der Waals surface area contributed by atoms with E-state index in [2.05, 4.69) is 48.8 Å². The minimum Gasteiger partial charge on any atom is -0.289 e. The lowest BCUT2D eigenvalue weighted by molar-refractivity contribution is 0.584. The standard InChI is InChI=1S/C28H32NOP/c1-3-5-19-25-26-20-13-14-22-28(26)31(30,24-17-11-8-12-18-24)29(27(25)21-6-4-2)23-15-9-7-10-16-23/h7-18,20,22H,3-6,19,21H2,1-2H3. The van der Waals surface area contributed by atoms with Crippen LogP contribution in [0.2, 0.25) is 0 Å². The molecular weight excluding hydrogens is 397 g/mol. The Morgan fingerprint density at radius 1 is 0.710 bits per heavy atom. The van der Waals surface area contributed by atoms with Gasteiger partial charge in [-0.25, -0.2) is 0 Å². The van der Waals surface area contributed by atoms with Gasteiger partial charge in [0, 0.05) is 22.0 Å². The van der Waals surface area contributed by atoms with Crippen LogP contribution in [-0.2, 0) is 4.57 Å². The number of nitrogens with zero attached hydrogens (tertiary/aromatic N) is 1. The fourth-order valence-electron chi connectivity index (χ4n) is 4.56. The van der Waals surface area contributed by atoms with Crippen molar-refractivity contribution in [2.75, 3.05) is 4.67 Å². The van der Waals surface area contributed by atoms with E-state index in [0.29, 0.717) is 0 Å². The lowest BCUT2D eigenvalue weighted by Gasteiger charge is -2.42. The minimum absolute atomic E-state index is 0.898. The Morgan fingerprint density at radius 2 is 1.29 bits per heavy atom. The fourth-order valence-corrected chi connectivity index (χ4v) is 7.70. The molecule has 4 rings (SSSR count). The first-order valence-electron chi connectivity index (χ1n) is 11.5. The zero-order valence-electron chi connectivity index (χ0n) is 18.6. The predicted molar refractivity (Wildman–Crippen MR) is 135 cm³/mol. The highest BCUT2D eigenvalue weighted by Crippen LogP contribution is 2.58. The van der Waals surface area contributed by atoms with Gasteiger partial charge in [0.15, 0.2) is 0 Å². The fraction of sp³-hybridized carbons (Fsp3) is 0.286. The topological polar surface area (TPSA) is 20.3 Å². The Bertz CT molecular complexity index is 1090. The maximum Gasteiger partial charge on any atom is 0.234 e. The molecule has 1 aliphatic heterocycles. The predicted octanol–water partition coefficient (Wildman–Crippen LogP) is 7.53. The molecule has 0 radical (unpaired) electrons. The Hall–Kier alpha value is -2.57. The highest BCUT2D eigenvalue weighted by atomic mass is 31.2. The number of anilines is 1. The van der Waals surface area contributed by atoms with Gasteiger partial charge >= 0.3 is 0 Å². The van der Waals surface area contributed by atoms with E-state index in [1.165, 1.54) is 16.8 Å². The van der Waals surface area contributed by atoms with E-state index in [9.17, 15) is 0 Å². The van der Waals surface area contributed by atoms with Crippen LogP contribution < -0.4 is 15.3 Å². The van der Waals surface area contributed by atoms with Crippen LogP contribution in [0.25, 0.3) is 5.57 Å². The Balaban J connectivity index is 2.05. The summed E-state index contributed by atoms with van der Waals surface area (Å²) in [6.07, 6.45) is 6.45. The molecular formula is C28H32NOP. The van der Waals surface area contributed by atoms with Gasteiger partial charge in [-0.3, -0.25) is 9.24 Å². The van der Waals surface area contributed by atoms with Crippen molar-refractivity contribution in [3.05, 3.63) is 96.2 Å². The maximum absolute atomic E-state index is 15.3. The molecule has 0 spiro atoms. The van der Waals surface area contributed by atoms with Gasteiger partial charge in [0.25, 0.3) is 0 Å². The minimum atomic E-state index is -3.08. The Labute approximate surface area is 187 Å². The molecule has 0 saturated heterocycles. The summed E-state index contributed by atoms with van der Waals surface area (Å²) >= 11 is 0. The Kier molecular flexibility index (Phi) is 6.78. The van der Waals surface area contributed by atoms with Crippen molar-refractivity contribution in [3.8, 4) is 0 Å². The zero-order chi connectivity index (χ0) is 21.7. The zero-order valence-corrected chi connectivity index (χ0v) is 19.5. The third-order valence-electron chi connectivity index (χ3n) is 6.10. The summed E-state index contributed by atoms with van der Waals surface area (Å²) in [7, 11) is -3.08.